The molecule has 2 N–H and O–H groups in total. The van der Waals surface area contributed by atoms with Gasteiger partial charge in [-0.25, -0.2) is 0 Å². The zero-order chi connectivity index (χ0) is 14.6. The number of aliphatic hydroxyl groups is 1. The minimum absolute atomic E-state index is 0.00739. The molecule has 0 aliphatic carbocycles. The second kappa shape index (κ2) is 6.40. The fourth-order valence-corrected chi connectivity index (χ4v) is 1.98. The van der Waals surface area contributed by atoms with E-state index in [1.807, 2.05) is 18.2 Å². The van der Waals surface area contributed by atoms with Crippen LogP contribution in [0.4, 0.5) is 0 Å². The highest BCUT2D eigenvalue weighted by atomic mass is 16.5. The van der Waals surface area contributed by atoms with Crippen molar-refractivity contribution in [1.82, 2.24) is 5.32 Å². The number of aliphatic hydroxyl groups excluding tert-OH is 1. The molecule has 0 spiro atoms. The van der Waals surface area contributed by atoms with Gasteiger partial charge >= 0.3 is 0 Å². The summed E-state index contributed by atoms with van der Waals surface area (Å²) < 4.78 is 5.41. The molecule has 108 valence electrons. The van der Waals surface area contributed by atoms with Gasteiger partial charge in [-0.05, 0) is 28.7 Å². The van der Waals surface area contributed by atoms with Gasteiger partial charge in [0.05, 0.1) is 13.2 Å². The van der Waals surface area contributed by atoms with Gasteiger partial charge in [0.25, 0.3) is 0 Å². The summed E-state index contributed by atoms with van der Waals surface area (Å²) in [6.07, 6.45) is -0.491. The quantitative estimate of drug-likeness (QED) is 0.860. The maximum Gasteiger partial charge on any atom is 0.122 e. The zero-order valence-corrected chi connectivity index (χ0v) is 12.9. The van der Waals surface area contributed by atoms with Crippen LogP contribution in [0.25, 0.3) is 0 Å². The van der Waals surface area contributed by atoms with Gasteiger partial charge in [-0.3, -0.25) is 0 Å². The molecule has 3 heteroatoms. The van der Waals surface area contributed by atoms with Crippen molar-refractivity contribution in [3.63, 3.8) is 0 Å². The van der Waals surface area contributed by atoms with Crippen LogP contribution in [0.15, 0.2) is 18.2 Å². The Morgan fingerprint density at radius 3 is 2.37 bits per heavy atom. The van der Waals surface area contributed by atoms with E-state index in [0.29, 0.717) is 12.6 Å². The molecule has 0 aliphatic heterocycles. The summed E-state index contributed by atoms with van der Waals surface area (Å²) >= 11 is 0. The summed E-state index contributed by atoms with van der Waals surface area (Å²) in [5.41, 5.74) is 2.04. The van der Waals surface area contributed by atoms with Gasteiger partial charge in [0.15, 0.2) is 0 Å². The zero-order valence-electron chi connectivity index (χ0n) is 12.9. The summed E-state index contributed by atoms with van der Waals surface area (Å²) in [4.78, 5) is 0. The molecule has 0 saturated heterocycles. The monoisotopic (exact) mass is 265 g/mol. The second-order valence-corrected chi connectivity index (χ2v) is 6.29. The lowest BCUT2D eigenvalue weighted by molar-refractivity contribution is 0.171. The summed E-state index contributed by atoms with van der Waals surface area (Å²) in [5.74, 6) is 0.875. The van der Waals surface area contributed by atoms with Crippen molar-refractivity contribution < 1.29 is 9.84 Å². The third-order valence-corrected chi connectivity index (χ3v) is 3.14. The van der Waals surface area contributed by atoms with Crippen molar-refractivity contribution in [2.45, 2.75) is 52.2 Å². The number of benzene rings is 1. The Kier molecular flexibility index (Phi) is 5.39. The molecule has 0 bridgehead atoms. The highest BCUT2D eigenvalue weighted by Gasteiger charge is 2.20. The van der Waals surface area contributed by atoms with E-state index in [4.69, 9.17) is 4.74 Å². The van der Waals surface area contributed by atoms with Crippen LogP contribution in [-0.2, 0) is 5.41 Å². The second-order valence-electron chi connectivity index (χ2n) is 6.29. The smallest absolute Gasteiger partial charge is 0.122 e. The molecule has 3 nitrogen and oxygen atoms in total. The van der Waals surface area contributed by atoms with Gasteiger partial charge in [-0.2, -0.15) is 0 Å². The topological polar surface area (TPSA) is 41.5 Å². The molecule has 1 aromatic rings. The third kappa shape index (κ3) is 4.51. The van der Waals surface area contributed by atoms with E-state index in [1.165, 1.54) is 0 Å². The van der Waals surface area contributed by atoms with Gasteiger partial charge < -0.3 is 15.2 Å². The van der Waals surface area contributed by atoms with Crippen LogP contribution >= 0.6 is 0 Å². The van der Waals surface area contributed by atoms with Crippen molar-refractivity contribution >= 4 is 0 Å². The van der Waals surface area contributed by atoms with Crippen molar-refractivity contribution in [2.24, 2.45) is 0 Å². The summed E-state index contributed by atoms with van der Waals surface area (Å²) in [6, 6.07) is 6.29. The maximum atomic E-state index is 10.2. The molecule has 1 unspecified atom stereocenters. The Morgan fingerprint density at radius 1 is 1.26 bits per heavy atom. The molecule has 1 rings (SSSR count). The van der Waals surface area contributed by atoms with Crippen LogP contribution in [0, 0.1) is 0 Å². The van der Waals surface area contributed by atoms with Crippen molar-refractivity contribution in [1.29, 1.82) is 0 Å². The fourth-order valence-electron chi connectivity index (χ4n) is 1.98. The average Bonchev–Trinajstić information content (AvgIpc) is 2.34. The number of hydrogen-bond donors (Lipinski definition) is 2. The predicted octanol–water partition coefficient (Wildman–Crippen LogP) is 3.02. The van der Waals surface area contributed by atoms with Crippen molar-refractivity contribution in [3.8, 4) is 5.75 Å². The lowest BCUT2D eigenvalue weighted by Gasteiger charge is -2.24. The van der Waals surface area contributed by atoms with E-state index < -0.39 is 6.10 Å². The lowest BCUT2D eigenvalue weighted by Crippen LogP contribution is -2.28. The Labute approximate surface area is 117 Å². The van der Waals surface area contributed by atoms with Crippen LogP contribution in [-0.4, -0.2) is 24.8 Å². The van der Waals surface area contributed by atoms with E-state index in [1.54, 1.807) is 7.11 Å². The first kappa shape index (κ1) is 16.0. The molecule has 0 saturated carbocycles. The Bertz CT molecular complexity index is 408. The van der Waals surface area contributed by atoms with E-state index >= 15 is 0 Å². The lowest BCUT2D eigenvalue weighted by atomic mass is 9.85. The average molecular weight is 265 g/mol. The van der Waals surface area contributed by atoms with Crippen LogP contribution < -0.4 is 10.1 Å². The Hall–Kier alpha value is -1.06. The molecule has 0 amide bonds. The van der Waals surface area contributed by atoms with Crippen molar-refractivity contribution in [3.05, 3.63) is 29.3 Å². The molecule has 1 aromatic carbocycles. The van der Waals surface area contributed by atoms with E-state index in [-0.39, 0.29) is 5.41 Å². The summed E-state index contributed by atoms with van der Waals surface area (Å²) in [5, 5.41) is 13.5. The first-order valence-corrected chi connectivity index (χ1v) is 6.85. The first-order valence-electron chi connectivity index (χ1n) is 6.85. The minimum Gasteiger partial charge on any atom is -0.496 e. The van der Waals surface area contributed by atoms with E-state index in [2.05, 4.69) is 39.9 Å². The van der Waals surface area contributed by atoms with Crippen LogP contribution in [0.5, 0.6) is 5.75 Å². The molecular formula is C16H27NO2. The largest absolute Gasteiger partial charge is 0.496 e. The summed E-state index contributed by atoms with van der Waals surface area (Å²) in [7, 11) is 1.68. The maximum absolute atomic E-state index is 10.2. The SMILES string of the molecule is COc1ccc(C(O)CNC(C)C)cc1C(C)(C)C. The number of ether oxygens (including phenoxy) is 1. The van der Waals surface area contributed by atoms with E-state index in [9.17, 15) is 5.11 Å². The highest BCUT2D eigenvalue weighted by Crippen LogP contribution is 2.33. The number of rotatable bonds is 5. The Balaban J connectivity index is 2.98. The van der Waals surface area contributed by atoms with E-state index in [0.717, 1.165) is 16.9 Å². The Morgan fingerprint density at radius 2 is 1.89 bits per heavy atom. The predicted molar refractivity (Wildman–Crippen MR) is 79.8 cm³/mol. The van der Waals surface area contributed by atoms with Crippen LogP contribution in [0.1, 0.15) is 51.8 Å². The van der Waals surface area contributed by atoms with Gasteiger partial charge in [0.2, 0.25) is 0 Å². The number of methoxy groups -OCH3 is 1. The highest BCUT2D eigenvalue weighted by molar-refractivity contribution is 5.42. The summed E-state index contributed by atoms with van der Waals surface area (Å²) in [6.45, 7) is 11.1. The molecule has 0 radical (unpaired) electrons. The number of nitrogens with one attached hydrogen (secondary N) is 1. The minimum atomic E-state index is -0.491. The molecule has 0 heterocycles. The third-order valence-electron chi connectivity index (χ3n) is 3.14. The first-order chi connectivity index (χ1) is 8.75. The normalized spacial score (nSPS) is 13.7. The molecule has 0 fully saturated rings. The fraction of sp³-hybridized carbons (Fsp3) is 0.625. The van der Waals surface area contributed by atoms with Crippen molar-refractivity contribution in [2.75, 3.05) is 13.7 Å². The molecule has 19 heavy (non-hydrogen) atoms. The van der Waals surface area contributed by atoms with Crippen LogP contribution in [0.2, 0.25) is 0 Å². The molecule has 0 aliphatic rings. The van der Waals surface area contributed by atoms with Gasteiger partial charge in [-0.15, -0.1) is 0 Å². The van der Waals surface area contributed by atoms with Gasteiger partial charge in [0.1, 0.15) is 5.75 Å². The molecule has 1 atom stereocenters. The van der Waals surface area contributed by atoms with Gasteiger partial charge in [0, 0.05) is 12.6 Å². The van der Waals surface area contributed by atoms with Crippen LogP contribution in [0.3, 0.4) is 0 Å². The van der Waals surface area contributed by atoms with Gasteiger partial charge in [-0.1, -0.05) is 40.7 Å². The molecule has 0 aromatic heterocycles. The number of hydrogen-bond acceptors (Lipinski definition) is 3. The molecular weight excluding hydrogens is 238 g/mol. The standard InChI is InChI=1S/C16H27NO2/c1-11(2)17-10-14(18)12-7-8-15(19-6)13(9-12)16(3,4)5/h7-9,11,14,17-18H,10H2,1-6H3.